The lowest BCUT2D eigenvalue weighted by Gasteiger charge is -2.33. The maximum Gasteiger partial charge on any atom is 0.309 e. The minimum atomic E-state index is -0.550. The number of piperazine rings is 1. The highest BCUT2D eigenvalue weighted by Gasteiger charge is 2.30. The normalized spacial score (nSPS) is 20.2. The van der Waals surface area contributed by atoms with Crippen molar-refractivity contribution in [2.45, 2.75) is 6.04 Å². The van der Waals surface area contributed by atoms with Crippen LogP contribution in [-0.2, 0) is 9.59 Å². The summed E-state index contributed by atoms with van der Waals surface area (Å²) in [6, 6.07) is 8.65. The van der Waals surface area contributed by atoms with Crippen molar-refractivity contribution in [1.29, 1.82) is 0 Å². The molecule has 0 unspecified atom stereocenters. The van der Waals surface area contributed by atoms with E-state index < -0.39 is 11.8 Å². The van der Waals surface area contributed by atoms with Gasteiger partial charge in [-0.1, -0.05) is 12.1 Å². The molecule has 2 amide bonds. The Hall–Kier alpha value is -2.16. The number of anilines is 1. The fourth-order valence-electron chi connectivity index (χ4n) is 3.63. The summed E-state index contributed by atoms with van der Waals surface area (Å²) in [6.07, 6.45) is 0. The second-order valence-corrected chi connectivity index (χ2v) is 8.58. The molecule has 0 bridgehead atoms. The Balaban J connectivity index is 2.01. The topological polar surface area (TPSA) is 74.8 Å². The number of quaternary nitrogens is 3. The molecule has 0 spiro atoms. The standard InChI is InChI=1S/C21H36N6O2/c1-24(2)11-10-22-20(28)21(29)23-16-19(27-14-12-26(5)13-15-27)17-6-8-18(9-7-17)25(3)4/h6-9,19H,10-16H2,1-5H3,(H,22,28)(H,23,29)/p+3/t19-/m1/s1. The summed E-state index contributed by atoms with van der Waals surface area (Å²) in [5, 5.41) is 5.56. The molecule has 0 aliphatic carbocycles. The first-order chi connectivity index (χ1) is 13.8. The molecule has 8 heteroatoms. The van der Waals surface area contributed by atoms with E-state index in [1.165, 1.54) is 15.4 Å². The van der Waals surface area contributed by atoms with Gasteiger partial charge in [0, 0.05) is 25.3 Å². The predicted octanol–water partition coefficient (Wildman–Crippen LogP) is -4.42. The van der Waals surface area contributed by atoms with Gasteiger partial charge in [0.25, 0.3) is 0 Å². The average Bonchev–Trinajstić information content (AvgIpc) is 2.69. The Kier molecular flexibility index (Phi) is 8.88. The van der Waals surface area contributed by atoms with Crippen LogP contribution in [0.1, 0.15) is 11.6 Å². The van der Waals surface area contributed by atoms with Gasteiger partial charge in [0.1, 0.15) is 32.2 Å². The van der Waals surface area contributed by atoms with Crippen molar-refractivity contribution in [3.8, 4) is 0 Å². The van der Waals surface area contributed by atoms with Gasteiger partial charge in [-0.05, 0) is 12.1 Å². The van der Waals surface area contributed by atoms with Gasteiger partial charge in [0.15, 0.2) is 0 Å². The molecule has 0 radical (unpaired) electrons. The first-order valence-electron chi connectivity index (χ1n) is 10.6. The Morgan fingerprint density at radius 2 is 1.62 bits per heavy atom. The van der Waals surface area contributed by atoms with Gasteiger partial charge in [0.05, 0.1) is 40.8 Å². The number of hydrogen-bond acceptors (Lipinski definition) is 3. The lowest BCUT2D eigenvalue weighted by molar-refractivity contribution is -1.02. The monoisotopic (exact) mass is 407 g/mol. The molecule has 8 nitrogen and oxygen atoms in total. The van der Waals surface area contributed by atoms with Gasteiger partial charge < -0.3 is 30.2 Å². The van der Waals surface area contributed by atoms with Gasteiger partial charge >= 0.3 is 11.8 Å². The fourth-order valence-corrected chi connectivity index (χ4v) is 3.63. The van der Waals surface area contributed by atoms with E-state index in [9.17, 15) is 9.59 Å². The van der Waals surface area contributed by atoms with Gasteiger partial charge in [0.2, 0.25) is 0 Å². The molecule has 2 rings (SSSR count). The van der Waals surface area contributed by atoms with Gasteiger partial charge in [-0.3, -0.25) is 9.59 Å². The largest absolute Gasteiger partial charge is 0.378 e. The molecule has 1 aliphatic heterocycles. The Morgan fingerprint density at radius 1 is 1.03 bits per heavy atom. The van der Waals surface area contributed by atoms with E-state index in [0.29, 0.717) is 13.1 Å². The summed E-state index contributed by atoms with van der Waals surface area (Å²) in [5.41, 5.74) is 2.35. The fraction of sp³-hybridized carbons (Fsp3) is 0.619. The summed E-state index contributed by atoms with van der Waals surface area (Å²) in [4.78, 5) is 30.7. The van der Waals surface area contributed by atoms with E-state index in [4.69, 9.17) is 0 Å². The number of carbonyl (C=O) groups excluding carboxylic acids is 2. The molecule has 1 aromatic carbocycles. The van der Waals surface area contributed by atoms with Crippen molar-refractivity contribution in [1.82, 2.24) is 10.6 Å². The summed E-state index contributed by atoms with van der Waals surface area (Å²) >= 11 is 0. The molecule has 29 heavy (non-hydrogen) atoms. The van der Waals surface area contributed by atoms with Crippen LogP contribution >= 0.6 is 0 Å². The summed E-state index contributed by atoms with van der Waals surface area (Å²) in [6.45, 7) is 6.08. The van der Waals surface area contributed by atoms with Crippen molar-refractivity contribution in [3.63, 3.8) is 0 Å². The number of rotatable bonds is 8. The van der Waals surface area contributed by atoms with Crippen LogP contribution in [0.4, 0.5) is 5.69 Å². The van der Waals surface area contributed by atoms with Crippen molar-refractivity contribution >= 4 is 17.5 Å². The highest BCUT2D eigenvalue weighted by Crippen LogP contribution is 2.16. The van der Waals surface area contributed by atoms with Gasteiger partial charge in [-0.15, -0.1) is 0 Å². The molecule has 162 valence electrons. The first-order valence-corrected chi connectivity index (χ1v) is 10.6. The molecule has 1 atom stereocenters. The summed E-state index contributed by atoms with van der Waals surface area (Å²) < 4.78 is 0. The maximum atomic E-state index is 12.3. The van der Waals surface area contributed by atoms with E-state index in [0.717, 1.165) is 38.4 Å². The van der Waals surface area contributed by atoms with Crippen LogP contribution in [0.3, 0.4) is 0 Å². The first kappa shape index (κ1) is 23.1. The smallest absolute Gasteiger partial charge is 0.309 e. The predicted molar refractivity (Wildman–Crippen MR) is 115 cm³/mol. The third-order valence-corrected chi connectivity index (χ3v) is 5.63. The van der Waals surface area contributed by atoms with Crippen LogP contribution in [0.25, 0.3) is 0 Å². The van der Waals surface area contributed by atoms with Crippen molar-refractivity contribution in [2.75, 3.05) is 86.0 Å². The number of benzene rings is 1. The number of nitrogens with one attached hydrogen (secondary N) is 5. The molecule has 1 fully saturated rings. The Morgan fingerprint density at radius 3 is 2.17 bits per heavy atom. The molecule has 1 saturated heterocycles. The minimum absolute atomic E-state index is 0.141. The lowest BCUT2D eigenvalue weighted by atomic mass is 10.0. The average molecular weight is 408 g/mol. The second-order valence-electron chi connectivity index (χ2n) is 8.58. The number of likely N-dealkylation sites (N-methyl/N-ethyl adjacent to an activating group) is 2. The minimum Gasteiger partial charge on any atom is -0.378 e. The summed E-state index contributed by atoms with van der Waals surface area (Å²) in [7, 11) is 10.3. The molecular formula is C21H39N6O2+3. The number of amides is 2. The molecule has 0 aromatic heterocycles. The zero-order chi connectivity index (χ0) is 21.4. The molecular weight excluding hydrogens is 368 g/mol. The maximum absolute atomic E-state index is 12.3. The van der Waals surface area contributed by atoms with E-state index in [2.05, 4.69) is 46.8 Å². The highest BCUT2D eigenvalue weighted by atomic mass is 16.2. The van der Waals surface area contributed by atoms with Gasteiger partial charge in [-0.25, -0.2) is 0 Å². The summed E-state index contributed by atoms with van der Waals surface area (Å²) in [5.74, 6) is -1.10. The van der Waals surface area contributed by atoms with Crippen LogP contribution < -0.4 is 30.2 Å². The molecule has 1 aliphatic rings. The molecule has 0 saturated carbocycles. The molecule has 1 heterocycles. The SMILES string of the molecule is CN(C)c1ccc([C@@H](CNC(=O)C(=O)NCC[NH+](C)C)[NH+]2CC[NH+](C)CC2)cc1. The van der Waals surface area contributed by atoms with Crippen molar-refractivity contribution in [3.05, 3.63) is 29.8 Å². The van der Waals surface area contributed by atoms with Gasteiger partial charge in [-0.2, -0.15) is 0 Å². The van der Waals surface area contributed by atoms with E-state index in [-0.39, 0.29) is 6.04 Å². The van der Waals surface area contributed by atoms with Crippen LogP contribution in [0, 0.1) is 0 Å². The second kappa shape index (κ2) is 11.1. The zero-order valence-electron chi connectivity index (χ0n) is 18.6. The van der Waals surface area contributed by atoms with E-state index in [1.54, 1.807) is 4.90 Å². The van der Waals surface area contributed by atoms with E-state index >= 15 is 0 Å². The van der Waals surface area contributed by atoms with Crippen LogP contribution in [0.2, 0.25) is 0 Å². The number of carbonyl (C=O) groups is 2. The quantitative estimate of drug-likeness (QED) is 0.283. The number of hydrogen-bond donors (Lipinski definition) is 5. The molecule has 1 aromatic rings. The lowest BCUT2D eigenvalue weighted by Crippen LogP contribution is -3.27. The Labute approximate surface area is 174 Å². The van der Waals surface area contributed by atoms with Crippen molar-refractivity contribution < 1.29 is 24.3 Å². The third kappa shape index (κ3) is 7.30. The highest BCUT2D eigenvalue weighted by molar-refractivity contribution is 6.35. The number of nitrogens with zero attached hydrogens (tertiary/aromatic N) is 1. The van der Waals surface area contributed by atoms with Crippen LogP contribution in [-0.4, -0.2) is 92.9 Å². The third-order valence-electron chi connectivity index (χ3n) is 5.63. The Bertz CT molecular complexity index is 654. The van der Waals surface area contributed by atoms with E-state index in [1.807, 2.05) is 28.2 Å². The molecule has 5 N–H and O–H groups in total. The van der Waals surface area contributed by atoms with Crippen LogP contribution in [0.15, 0.2) is 24.3 Å². The zero-order valence-corrected chi connectivity index (χ0v) is 18.6. The van der Waals surface area contributed by atoms with Crippen molar-refractivity contribution in [2.24, 2.45) is 0 Å². The van der Waals surface area contributed by atoms with Crippen LogP contribution in [0.5, 0.6) is 0 Å².